The van der Waals surface area contributed by atoms with Crippen molar-refractivity contribution in [2.45, 2.75) is 13.8 Å². The van der Waals surface area contributed by atoms with Gasteiger partial charge in [-0.05, 0) is 38.1 Å². The highest BCUT2D eigenvalue weighted by molar-refractivity contribution is 7.12. The van der Waals surface area contributed by atoms with Crippen LogP contribution in [-0.2, 0) is 0 Å². The van der Waals surface area contributed by atoms with Gasteiger partial charge in [0.25, 0.3) is 5.91 Å². The van der Waals surface area contributed by atoms with Gasteiger partial charge in [-0.1, -0.05) is 0 Å². The average molecular weight is 248 g/mol. The molecule has 2 aromatic rings. The monoisotopic (exact) mass is 248 g/mol. The van der Waals surface area contributed by atoms with E-state index in [1.165, 1.54) is 12.1 Å². The van der Waals surface area contributed by atoms with Crippen LogP contribution in [0.25, 0.3) is 0 Å². The first-order valence-electron chi connectivity index (χ1n) is 5.10. The first kappa shape index (κ1) is 11.6. The Bertz CT molecular complexity index is 546. The number of phenols is 1. The lowest BCUT2D eigenvalue weighted by atomic mass is 10.2. The predicted molar refractivity (Wildman–Crippen MR) is 67.6 cm³/mol. The Kier molecular flexibility index (Phi) is 3.10. The third-order valence-electron chi connectivity index (χ3n) is 2.26. The van der Waals surface area contributed by atoms with Gasteiger partial charge < -0.3 is 10.4 Å². The summed E-state index contributed by atoms with van der Waals surface area (Å²) in [5, 5.41) is 12.8. The van der Waals surface area contributed by atoms with Crippen molar-refractivity contribution in [2.24, 2.45) is 0 Å². The smallest absolute Gasteiger partial charge is 0.256 e. The van der Waals surface area contributed by atoms with Crippen LogP contribution in [0.1, 0.15) is 20.2 Å². The number of carbonyl (C=O) groups excluding carboxylic acids is 1. The van der Waals surface area contributed by atoms with E-state index in [9.17, 15) is 4.79 Å². The molecule has 1 amide bonds. The van der Waals surface area contributed by atoms with Gasteiger partial charge >= 0.3 is 0 Å². The van der Waals surface area contributed by atoms with Crippen molar-refractivity contribution >= 4 is 23.1 Å². The Morgan fingerprint density at radius 1 is 1.29 bits per heavy atom. The summed E-state index contributed by atoms with van der Waals surface area (Å²) in [6.45, 7) is 3.81. The number of rotatable bonds is 2. The van der Waals surface area contributed by atoms with Gasteiger partial charge in [0.1, 0.15) is 11.6 Å². The number of amides is 1. The van der Waals surface area contributed by atoms with Crippen molar-refractivity contribution in [3.8, 4) is 5.75 Å². The van der Waals surface area contributed by atoms with Gasteiger partial charge in [0, 0.05) is 10.4 Å². The second kappa shape index (κ2) is 4.55. The highest BCUT2D eigenvalue weighted by Gasteiger charge is 2.10. The molecule has 88 valence electrons. The fraction of sp³-hybridized carbons (Fsp3) is 0.167. The van der Waals surface area contributed by atoms with Crippen molar-refractivity contribution in [2.75, 3.05) is 5.32 Å². The Hall–Kier alpha value is -1.88. The van der Waals surface area contributed by atoms with E-state index in [1.54, 1.807) is 23.5 Å². The van der Waals surface area contributed by atoms with Gasteiger partial charge in [-0.25, -0.2) is 4.98 Å². The topological polar surface area (TPSA) is 62.2 Å². The third kappa shape index (κ3) is 2.62. The molecule has 4 nitrogen and oxygen atoms in total. The molecule has 0 saturated carbocycles. The Balaban J connectivity index is 2.17. The highest BCUT2D eigenvalue weighted by Crippen LogP contribution is 2.21. The van der Waals surface area contributed by atoms with Gasteiger partial charge in [-0.15, -0.1) is 11.3 Å². The normalized spacial score (nSPS) is 10.2. The molecule has 0 atom stereocenters. The minimum Gasteiger partial charge on any atom is -0.508 e. The van der Waals surface area contributed by atoms with E-state index in [1.807, 2.05) is 13.8 Å². The van der Waals surface area contributed by atoms with Crippen molar-refractivity contribution in [3.05, 3.63) is 39.7 Å². The van der Waals surface area contributed by atoms with Crippen LogP contribution in [0, 0.1) is 13.8 Å². The molecule has 0 aliphatic rings. The molecule has 0 saturated heterocycles. The summed E-state index contributed by atoms with van der Waals surface area (Å²) in [7, 11) is 0. The molecule has 0 spiro atoms. The van der Waals surface area contributed by atoms with E-state index in [4.69, 9.17) is 5.11 Å². The van der Waals surface area contributed by atoms with Gasteiger partial charge in [-0.3, -0.25) is 4.79 Å². The highest BCUT2D eigenvalue weighted by atomic mass is 32.1. The summed E-state index contributed by atoms with van der Waals surface area (Å²) >= 11 is 1.54. The molecule has 0 fully saturated rings. The third-order valence-corrected chi connectivity index (χ3v) is 3.15. The molecule has 1 heterocycles. The number of hydrogen-bond acceptors (Lipinski definition) is 4. The molecular weight excluding hydrogens is 236 g/mol. The van der Waals surface area contributed by atoms with E-state index in [0.29, 0.717) is 11.4 Å². The number of phenolic OH excluding ortho intramolecular Hbond substituents is 1. The van der Waals surface area contributed by atoms with Crippen molar-refractivity contribution in [3.63, 3.8) is 0 Å². The van der Waals surface area contributed by atoms with Crippen LogP contribution >= 0.6 is 11.3 Å². The fourth-order valence-electron chi connectivity index (χ4n) is 1.44. The zero-order valence-corrected chi connectivity index (χ0v) is 10.3. The SMILES string of the molecule is Cc1nc(NC(=O)c2ccc(O)cc2)c(C)s1. The predicted octanol–water partition coefficient (Wildman–Crippen LogP) is 2.72. The first-order valence-corrected chi connectivity index (χ1v) is 5.92. The lowest BCUT2D eigenvalue weighted by molar-refractivity contribution is 0.102. The summed E-state index contributed by atoms with van der Waals surface area (Å²) < 4.78 is 0. The van der Waals surface area contributed by atoms with E-state index < -0.39 is 0 Å². The van der Waals surface area contributed by atoms with Crippen LogP contribution in [0.15, 0.2) is 24.3 Å². The molecule has 2 rings (SSSR count). The minimum absolute atomic E-state index is 0.141. The number of hydrogen-bond donors (Lipinski definition) is 2. The van der Waals surface area contributed by atoms with Crippen molar-refractivity contribution in [1.29, 1.82) is 0 Å². The number of anilines is 1. The van der Waals surface area contributed by atoms with Gasteiger partial charge in [-0.2, -0.15) is 0 Å². The second-order valence-electron chi connectivity index (χ2n) is 3.64. The van der Waals surface area contributed by atoms with Gasteiger partial charge in [0.15, 0.2) is 0 Å². The molecule has 0 aliphatic carbocycles. The Labute approximate surface area is 103 Å². The van der Waals surface area contributed by atoms with E-state index in [-0.39, 0.29) is 11.7 Å². The molecule has 0 radical (unpaired) electrons. The number of nitrogens with one attached hydrogen (secondary N) is 1. The number of aromatic hydroxyl groups is 1. The molecule has 2 N–H and O–H groups in total. The molecule has 0 unspecified atom stereocenters. The molecule has 17 heavy (non-hydrogen) atoms. The Morgan fingerprint density at radius 3 is 2.47 bits per heavy atom. The van der Waals surface area contributed by atoms with E-state index >= 15 is 0 Å². The maximum atomic E-state index is 11.9. The standard InChI is InChI=1S/C12H12N2O2S/c1-7-11(13-8(2)17-7)14-12(16)9-3-5-10(15)6-4-9/h3-6,15H,1-2H3,(H,14,16). The van der Waals surface area contributed by atoms with Crippen LogP contribution < -0.4 is 5.32 Å². The van der Waals surface area contributed by atoms with Crippen molar-refractivity contribution in [1.82, 2.24) is 4.98 Å². The van der Waals surface area contributed by atoms with Crippen LogP contribution in [0.2, 0.25) is 0 Å². The lowest BCUT2D eigenvalue weighted by Gasteiger charge is -2.03. The zero-order valence-electron chi connectivity index (χ0n) is 9.52. The van der Waals surface area contributed by atoms with Crippen LogP contribution in [0.5, 0.6) is 5.75 Å². The maximum absolute atomic E-state index is 11.9. The summed E-state index contributed by atoms with van der Waals surface area (Å²) in [4.78, 5) is 17.1. The largest absolute Gasteiger partial charge is 0.508 e. The van der Waals surface area contributed by atoms with Crippen LogP contribution in [0.4, 0.5) is 5.82 Å². The molecule has 1 aromatic heterocycles. The number of thiazole rings is 1. The fourth-order valence-corrected chi connectivity index (χ4v) is 2.21. The van der Waals surface area contributed by atoms with Crippen LogP contribution in [0.3, 0.4) is 0 Å². The van der Waals surface area contributed by atoms with Gasteiger partial charge in [0.05, 0.1) is 5.01 Å². The van der Waals surface area contributed by atoms with Crippen LogP contribution in [-0.4, -0.2) is 16.0 Å². The number of benzene rings is 1. The van der Waals surface area contributed by atoms with Crippen molar-refractivity contribution < 1.29 is 9.90 Å². The molecular formula is C12H12N2O2S. The summed E-state index contributed by atoms with van der Waals surface area (Å²) in [5.74, 6) is 0.520. The molecule has 1 aromatic carbocycles. The lowest BCUT2D eigenvalue weighted by Crippen LogP contribution is -2.12. The van der Waals surface area contributed by atoms with Gasteiger partial charge in [0.2, 0.25) is 0 Å². The second-order valence-corrected chi connectivity index (χ2v) is 5.05. The zero-order chi connectivity index (χ0) is 12.4. The molecule has 0 bridgehead atoms. The van der Waals surface area contributed by atoms with E-state index in [0.717, 1.165) is 9.88 Å². The summed E-state index contributed by atoms with van der Waals surface area (Å²) in [5.41, 5.74) is 0.493. The number of nitrogens with zero attached hydrogens (tertiary/aromatic N) is 1. The quantitative estimate of drug-likeness (QED) is 0.859. The summed E-state index contributed by atoms with van der Waals surface area (Å²) in [6, 6.07) is 6.10. The number of carbonyl (C=O) groups is 1. The van der Waals surface area contributed by atoms with E-state index in [2.05, 4.69) is 10.3 Å². The maximum Gasteiger partial charge on any atom is 0.256 e. The first-order chi connectivity index (χ1) is 8.06. The number of aromatic nitrogens is 1. The molecule has 0 aliphatic heterocycles. The molecule has 5 heteroatoms. The Morgan fingerprint density at radius 2 is 1.94 bits per heavy atom. The average Bonchev–Trinajstić information content (AvgIpc) is 2.58. The minimum atomic E-state index is -0.224. The summed E-state index contributed by atoms with van der Waals surface area (Å²) in [6.07, 6.45) is 0. The number of aryl methyl sites for hydroxylation is 2.